The highest BCUT2D eigenvalue weighted by Gasteiger charge is 2.22. The molecule has 0 spiro atoms. The third-order valence-corrected chi connectivity index (χ3v) is 7.94. The standard InChI is InChI=1S/C24H33N5O2S/c1-5-11-29-23-10-9-21(32(30,31)26(3)4)17-22(23)25-24(29)18-27-12-14-28(15-13-27)20-8-6-7-19(2)16-20/h6-10,16-17H,5,11-15,18H2,1-4H3. The number of hydrogen-bond donors (Lipinski definition) is 0. The van der Waals surface area contributed by atoms with Crippen molar-refractivity contribution < 1.29 is 8.42 Å². The lowest BCUT2D eigenvalue weighted by Crippen LogP contribution is -2.46. The monoisotopic (exact) mass is 455 g/mol. The van der Waals surface area contributed by atoms with Crippen LogP contribution in [0.25, 0.3) is 11.0 Å². The van der Waals surface area contributed by atoms with Crippen LogP contribution in [0.1, 0.15) is 24.7 Å². The van der Waals surface area contributed by atoms with Crippen molar-refractivity contribution in [2.75, 3.05) is 45.2 Å². The van der Waals surface area contributed by atoms with Gasteiger partial charge in [-0.15, -0.1) is 0 Å². The van der Waals surface area contributed by atoms with Crippen LogP contribution in [0.2, 0.25) is 0 Å². The predicted octanol–water partition coefficient (Wildman–Crippen LogP) is 3.33. The molecule has 172 valence electrons. The molecule has 1 aliphatic rings. The van der Waals surface area contributed by atoms with Crippen LogP contribution in [-0.2, 0) is 23.1 Å². The fraction of sp³-hybridized carbons (Fsp3) is 0.458. The van der Waals surface area contributed by atoms with Gasteiger partial charge in [0, 0.05) is 52.5 Å². The average molecular weight is 456 g/mol. The van der Waals surface area contributed by atoms with E-state index in [1.807, 2.05) is 6.07 Å². The zero-order chi connectivity index (χ0) is 22.9. The first-order valence-electron chi connectivity index (χ1n) is 11.2. The van der Waals surface area contributed by atoms with Gasteiger partial charge in [0.15, 0.2) is 0 Å². The fourth-order valence-electron chi connectivity index (χ4n) is 4.31. The average Bonchev–Trinajstić information content (AvgIpc) is 3.10. The number of hydrogen-bond acceptors (Lipinski definition) is 5. The summed E-state index contributed by atoms with van der Waals surface area (Å²) < 4.78 is 28.6. The van der Waals surface area contributed by atoms with Crippen LogP contribution in [0.4, 0.5) is 5.69 Å². The summed E-state index contributed by atoms with van der Waals surface area (Å²) in [4.78, 5) is 10.0. The molecule has 4 rings (SSSR count). The van der Waals surface area contributed by atoms with Crippen LogP contribution in [0, 0.1) is 6.92 Å². The van der Waals surface area contributed by atoms with Gasteiger partial charge in [0.25, 0.3) is 0 Å². The molecule has 3 aromatic rings. The van der Waals surface area contributed by atoms with Crippen LogP contribution in [0.15, 0.2) is 47.4 Å². The molecule has 0 N–H and O–H groups in total. The number of imidazole rings is 1. The molecule has 0 amide bonds. The van der Waals surface area contributed by atoms with E-state index in [4.69, 9.17) is 4.98 Å². The molecule has 32 heavy (non-hydrogen) atoms. The number of benzene rings is 2. The summed E-state index contributed by atoms with van der Waals surface area (Å²) in [5.41, 5.74) is 4.32. The highest BCUT2D eigenvalue weighted by molar-refractivity contribution is 7.89. The molecule has 2 aromatic carbocycles. The van der Waals surface area contributed by atoms with Crippen molar-refractivity contribution in [3.8, 4) is 0 Å². The van der Waals surface area contributed by atoms with Crippen molar-refractivity contribution in [2.45, 2.75) is 38.3 Å². The lowest BCUT2D eigenvalue weighted by Gasteiger charge is -2.36. The van der Waals surface area contributed by atoms with Crippen molar-refractivity contribution in [3.63, 3.8) is 0 Å². The number of anilines is 1. The number of sulfonamides is 1. The van der Waals surface area contributed by atoms with E-state index in [1.165, 1.54) is 15.6 Å². The van der Waals surface area contributed by atoms with Gasteiger partial charge in [-0.3, -0.25) is 4.90 Å². The Labute approximate surface area is 191 Å². The third-order valence-electron chi connectivity index (χ3n) is 6.13. The second-order valence-corrected chi connectivity index (χ2v) is 10.9. The Kier molecular flexibility index (Phi) is 6.55. The first-order chi connectivity index (χ1) is 15.3. The minimum absolute atomic E-state index is 0.287. The minimum atomic E-state index is -3.48. The van der Waals surface area contributed by atoms with Gasteiger partial charge in [-0.2, -0.15) is 0 Å². The zero-order valence-electron chi connectivity index (χ0n) is 19.5. The molecule has 0 bridgehead atoms. The molecular formula is C24H33N5O2S. The van der Waals surface area contributed by atoms with Crippen molar-refractivity contribution in [2.24, 2.45) is 0 Å². The zero-order valence-corrected chi connectivity index (χ0v) is 20.3. The largest absolute Gasteiger partial charge is 0.369 e. The number of aromatic nitrogens is 2. The summed E-state index contributed by atoms with van der Waals surface area (Å²) >= 11 is 0. The predicted molar refractivity (Wildman–Crippen MR) is 130 cm³/mol. The lowest BCUT2D eigenvalue weighted by atomic mass is 10.2. The Morgan fingerprint density at radius 3 is 2.44 bits per heavy atom. The Morgan fingerprint density at radius 1 is 1.03 bits per heavy atom. The van der Waals surface area contributed by atoms with Crippen LogP contribution in [0.5, 0.6) is 0 Å². The molecule has 0 aliphatic carbocycles. The van der Waals surface area contributed by atoms with Crippen molar-refractivity contribution in [3.05, 3.63) is 53.9 Å². The second kappa shape index (κ2) is 9.21. The van der Waals surface area contributed by atoms with Gasteiger partial charge in [-0.1, -0.05) is 19.1 Å². The number of aryl methyl sites for hydroxylation is 2. The SMILES string of the molecule is CCCn1c(CN2CCN(c3cccc(C)c3)CC2)nc2cc(S(=O)(=O)N(C)C)ccc21. The molecule has 1 saturated heterocycles. The van der Waals surface area contributed by atoms with Gasteiger partial charge >= 0.3 is 0 Å². The maximum absolute atomic E-state index is 12.6. The molecule has 0 saturated carbocycles. The summed E-state index contributed by atoms with van der Waals surface area (Å²) in [7, 11) is -0.374. The Morgan fingerprint density at radius 2 is 1.78 bits per heavy atom. The van der Waals surface area contributed by atoms with Gasteiger partial charge in [-0.05, 0) is 49.2 Å². The van der Waals surface area contributed by atoms with Crippen molar-refractivity contribution in [1.82, 2.24) is 18.8 Å². The Bertz CT molecular complexity index is 1190. The van der Waals surface area contributed by atoms with Crippen molar-refractivity contribution >= 4 is 26.7 Å². The summed E-state index contributed by atoms with van der Waals surface area (Å²) in [6.07, 6.45) is 0.997. The molecule has 8 heteroatoms. The van der Waals surface area contributed by atoms with Crippen LogP contribution < -0.4 is 4.90 Å². The van der Waals surface area contributed by atoms with Crippen LogP contribution >= 0.6 is 0 Å². The van der Waals surface area contributed by atoms with E-state index in [0.29, 0.717) is 0 Å². The first kappa shape index (κ1) is 22.8. The van der Waals surface area contributed by atoms with E-state index >= 15 is 0 Å². The molecular weight excluding hydrogens is 422 g/mol. The summed E-state index contributed by atoms with van der Waals surface area (Å²) in [5.74, 6) is 1.00. The van der Waals surface area contributed by atoms with E-state index in [-0.39, 0.29) is 4.90 Å². The summed E-state index contributed by atoms with van der Waals surface area (Å²) in [6.45, 7) is 9.85. The molecule has 0 radical (unpaired) electrons. The minimum Gasteiger partial charge on any atom is -0.369 e. The van der Waals surface area contributed by atoms with E-state index in [0.717, 1.165) is 62.5 Å². The van der Waals surface area contributed by atoms with E-state index < -0.39 is 10.0 Å². The molecule has 7 nitrogen and oxygen atoms in total. The molecule has 0 atom stereocenters. The Hall–Kier alpha value is -2.42. The maximum Gasteiger partial charge on any atom is 0.242 e. The third kappa shape index (κ3) is 4.53. The van der Waals surface area contributed by atoms with Gasteiger partial charge in [-0.25, -0.2) is 17.7 Å². The normalized spacial score (nSPS) is 15.7. The van der Waals surface area contributed by atoms with Gasteiger partial charge in [0.05, 0.1) is 22.5 Å². The van der Waals surface area contributed by atoms with Crippen molar-refractivity contribution in [1.29, 1.82) is 0 Å². The first-order valence-corrected chi connectivity index (χ1v) is 12.7. The molecule has 2 heterocycles. The molecule has 1 aromatic heterocycles. The van der Waals surface area contributed by atoms with Gasteiger partial charge in [0.1, 0.15) is 5.82 Å². The second-order valence-electron chi connectivity index (χ2n) is 8.72. The topological polar surface area (TPSA) is 61.7 Å². The van der Waals surface area contributed by atoms with E-state index in [9.17, 15) is 8.42 Å². The van der Waals surface area contributed by atoms with Crippen LogP contribution in [-0.4, -0.2) is 67.4 Å². The highest BCUT2D eigenvalue weighted by atomic mass is 32.2. The van der Waals surface area contributed by atoms with E-state index in [2.05, 4.69) is 52.5 Å². The van der Waals surface area contributed by atoms with E-state index in [1.54, 1.807) is 26.2 Å². The number of rotatable bonds is 7. The smallest absolute Gasteiger partial charge is 0.242 e. The summed E-state index contributed by atoms with van der Waals surface area (Å²) in [5, 5.41) is 0. The lowest BCUT2D eigenvalue weighted by molar-refractivity contribution is 0.241. The number of fused-ring (bicyclic) bond motifs is 1. The van der Waals surface area contributed by atoms with Crippen LogP contribution in [0.3, 0.4) is 0 Å². The number of nitrogens with zero attached hydrogens (tertiary/aromatic N) is 5. The van der Waals surface area contributed by atoms with Gasteiger partial charge < -0.3 is 9.47 Å². The molecule has 0 unspecified atom stereocenters. The fourth-order valence-corrected chi connectivity index (χ4v) is 5.24. The molecule has 1 aliphatic heterocycles. The quantitative estimate of drug-likeness (QED) is 0.547. The Balaban J connectivity index is 1.54. The maximum atomic E-state index is 12.6. The molecule has 1 fully saturated rings. The highest BCUT2D eigenvalue weighted by Crippen LogP contribution is 2.24. The number of piperazine rings is 1. The summed E-state index contributed by atoms with van der Waals surface area (Å²) in [6, 6.07) is 14.0. The van der Waals surface area contributed by atoms with Gasteiger partial charge in [0.2, 0.25) is 10.0 Å².